The number of aryl methyl sites for hydroxylation is 1. The van der Waals surface area contributed by atoms with Crippen molar-refractivity contribution in [2.24, 2.45) is 5.92 Å². The average molecular weight is 307 g/mol. The number of aromatic nitrogens is 2. The average Bonchev–Trinajstić information content (AvgIpc) is 2.93. The van der Waals surface area contributed by atoms with Crippen LogP contribution in [0.3, 0.4) is 0 Å². The Bertz CT molecular complexity index is 591. The number of carbonyl (C=O) groups excluding carboxylic acids is 1. The first-order chi connectivity index (χ1) is 10.1. The number of hydrogen-bond acceptors (Lipinski definition) is 4. The van der Waals surface area contributed by atoms with Gasteiger partial charge < -0.3 is 9.88 Å². The standard InChI is InChI=1S/C15H21N3O2S/c1-10-5-7-18(8-6-10)13(19)9-21-14-11-3-2-4-12(11)16-15(20)17-14/h10H,2-9H2,1H3,(H,16,17,20). The molecule has 1 saturated heterocycles. The third kappa shape index (κ3) is 3.31. The van der Waals surface area contributed by atoms with Gasteiger partial charge in [-0.1, -0.05) is 18.7 Å². The van der Waals surface area contributed by atoms with Crippen molar-refractivity contribution in [3.05, 3.63) is 21.7 Å². The zero-order valence-electron chi connectivity index (χ0n) is 12.4. The lowest BCUT2D eigenvalue weighted by molar-refractivity contribution is -0.129. The normalized spacial score (nSPS) is 18.8. The van der Waals surface area contributed by atoms with Crippen LogP contribution >= 0.6 is 11.8 Å². The SMILES string of the molecule is CC1CCN(C(=O)CSc2nc(=O)[nH]c3c2CCC3)CC1. The number of likely N-dealkylation sites (tertiary alicyclic amines) is 1. The lowest BCUT2D eigenvalue weighted by Gasteiger charge is -2.30. The summed E-state index contributed by atoms with van der Waals surface area (Å²) in [6.45, 7) is 3.96. The van der Waals surface area contributed by atoms with Gasteiger partial charge in [0.05, 0.1) is 5.75 Å². The number of piperidine rings is 1. The molecule has 1 amide bonds. The van der Waals surface area contributed by atoms with E-state index >= 15 is 0 Å². The summed E-state index contributed by atoms with van der Waals surface area (Å²) in [7, 11) is 0. The highest BCUT2D eigenvalue weighted by molar-refractivity contribution is 7.99. The summed E-state index contributed by atoms with van der Waals surface area (Å²) in [4.78, 5) is 32.6. The minimum absolute atomic E-state index is 0.167. The van der Waals surface area contributed by atoms with Crippen LogP contribution in [0.2, 0.25) is 0 Å². The fraction of sp³-hybridized carbons (Fsp3) is 0.667. The van der Waals surface area contributed by atoms with Gasteiger partial charge in [-0.05, 0) is 38.0 Å². The van der Waals surface area contributed by atoms with Crippen molar-refractivity contribution in [2.75, 3.05) is 18.8 Å². The van der Waals surface area contributed by atoms with E-state index in [0.717, 1.165) is 67.4 Å². The second-order valence-corrected chi connectivity index (χ2v) is 6.97. The highest BCUT2D eigenvalue weighted by Crippen LogP contribution is 2.28. The van der Waals surface area contributed by atoms with Gasteiger partial charge in [-0.2, -0.15) is 4.98 Å². The molecule has 0 radical (unpaired) electrons. The minimum Gasteiger partial charge on any atom is -0.342 e. The van der Waals surface area contributed by atoms with Gasteiger partial charge in [-0.3, -0.25) is 4.79 Å². The van der Waals surface area contributed by atoms with E-state index in [1.807, 2.05) is 4.90 Å². The number of aromatic amines is 1. The number of fused-ring (bicyclic) bond motifs is 1. The molecule has 0 spiro atoms. The Morgan fingerprint density at radius 1 is 1.38 bits per heavy atom. The predicted molar refractivity (Wildman–Crippen MR) is 82.6 cm³/mol. The fourth-order valence-electron chi connectivity index (χ4n) is 3.03. The van der Waals surface area contributed by atoms with Crippen LogP contribution in [0.5, 0.6) is 0 Å². The zero-order chi connectivity index (χ0) is 14.8. The molecule has 1 aromatic heterocycles. The molecule has 0 bridgehead atoms. The van der Waals surface area contributed by atoms with Crippen LogP contribution in [0.25, 0.3) is 0 Å². The Labute approximate surface area is 128 Å². The smallest absolute Gasteiger partial charge is 0.342 e. The van der Waals surface area contributed by atoms with Crippen LogP contribution in [0, 0.1) is 5.92 Å². The summed E-state index contributed by atoms with van der Waals surface area (Å²) in [6, 6.07) is 0. The molecule has 1 fully saturated rings. The van der Waals surface area contributed by atoms with Crippen molar-refractivity contribution in [2.45, 2.75) is 44.1 Å². The molecular weight excluding hydrogens is 286 g/mol. The maximum Gasteiger partial charge on any atom is 0.346 e. The molecule has 21 heavy (non-hydrogen) atoms. The molecule has 0 saturated carbocycles. The molecule has 0 aromatic carbocycles. The lowest BCUT2D eigenvalue weighted by Crippen LogP contribution is -2.39. The number of hydrogen-bond donors (Lipinski definition) is 1. The molecule has 6 heteroatoms. The van der Waals surface area contributed by atoms with Crippen LogP contribution < -0.4 is 5.69 Å². The van der Waals surface area contributed by atoms with Gasteiger partial charge in [-0.15, -0.1) is 0 Å². The molecule has 114 valence electrons. The number of thioether (sulfide) groups is 1. The second-order valence-electron chi connectivity index (χ2n) is 6.01. The number of H-pyrrole nitrogens is 1. The maximum absolute atomic E-state index is 12.3. The van der Waals surface area contributed by atoms with Gasteiger partial charge in [-0.25, -0.2) is 4.79 Å². The number of nitrogens with zero attached hydrogens (tertiary/aromatic N) is 2. The van der Waals surface area contributed by atoms with Crippen molar-refractivity contribution in [3.63, 3.8) is 0 Å². The van der Waals surface area contributed by atoms with Crippen LogP contribution in [-0.4, -0.2) is 39.6 Å². The first kappa shape index (κ1) is 14.6. The summed E-state index contributed by atoms with van der Waals surface area (Å²) in [6.07, 6.45) is 5.11. The van der Waals surface area contributed by atoms with Gasteiger partial charge in [0.25, 0.3) is 0 Å². The molecule has 3 rings (SSSR count). The molecule has 1 aromatic rings. The third-order valence-corrected chi connectivity index (χ3v) is 5.41. The quantitative estimate of drug-likeness (QED) is 0.680. The number of carbonyl (C=O) groups is 1. The van der Waals surface area contributed by atoms with E-state index in [9.17, 15) is 9.59 Å². The topological polar surface area (TPSA) is 66.1 Å². The van der Waals surface area contributed by atoms with E-state index in [0.29, 0.717) is 5.75 Å². The van der Waals surface area contributed by atoms with E-state index in [1.165, 1.54) is 11.8 Å². The largest absolute Gasteiger partial charge is 0.346 e. The van der Waals surface area contributed by atoms with E-state index < -0.39 is 0 Å². The van der Waals surface area contributed by atoms with E-state index in [4.69, 9.17) is 0 Å². The molecular formula is C15H21N3O2S. The maximum atomic E-state index is 12.3. The fourth-order valence-corrected chi connectivity index (χ4v) is 4.02. The van der Waals surface area contributed by atoms with Crippen LogP contribution in [0.4, 0.5) is 0 Å². The van der Waals surface area contributed by atoms with Crippen LogP contribution in [0.15, 0.2) is 9.82 Å². The van der Waals surface area contributed by atoms with E-state index in [-0.39, 0.29) is 11.6 Å². The van der Waals surface area contributed by atoms with Gasteiger partial charge in [0.15, 0.2) is 0 Å². The predicted octanol–water partition coefficient (Wildman–Crippen LogP) is 1.61. The molecule has 1 aliphatic heterocycles. The first-order valence-electron chi connectivity index (χ1n) is 7.66. The van der Waals surface area contributed by atoms with E-state index in [1.54, 1.807) is 0 Å². The van der Waals surface area contributed by atoms with Gasteiger partial charge >= 0.3 is 5.69 Å². The van der Waals surface area contributed by atoms with Crippen molar-refractivity contribution < 1.29 is 4.79 Å². The van der Waals surface area contributed by atoms with Gasteiger partial charge in [0.1, 0.15) is 5.03 Å². The number of rotatable bonds is 3. The van der Waals surface area contributed by atoms with E-state index in [2.05, 4.69) is 16.9 Å². The zero-order valence-corrected chi connectivity index (χ0v) is 13.2. The Morgan fingerprint density at radius 3 is 2.90 bits per heavy atom. The lowest BCUT2D eigenvalue weighted by atomic mass is 9.99. The second kappa shape index (κ2) is 6.22. The summed E-state index contributed by atoms with van der Waals surface area (Å²) in [5.74, 6) is 1.28. The Balaban J connectivity index is 1.63. The summed E-state index contributed by atoms with van der Waals surface area (Å²) < 4.78 is 0. The summed E-state index contributed by atoms with van der Waals surface area (Å²) in [5, 5.41) is 0.755. The highest BCUT2D eigenvalue weighted by Gasteiger charge is 2.22. The Hall–Kier alpha value is -1.30. The van der Waals surface area contributed by atoms with Gasteiger partial charge in [0, 0.05) is 24.3 Å². The number of amides is 1. The Kier molecular flexibility index (Phi) is 4.33. The molecule has 1 N–H and O–H groups in total. The first-order valence-corrected chi connectivity index (χ1v) is 8.64. The molecule has 0 unspecified atom stereocenters. The van der Waals surface area contributed by atoms with Crippen molar-refractivity contribution in [1.82, 2.24) is 14.9 Å². The van der Waals surface area contributed by atoms with Crippen molar-refractivity contribution in [1.29, 1.82) is 0 Å². The molecule has 0 atom stereocenters. The molecule has 2 heterocycles. The highest BCUT2D eigenvalue weighted by atomic mass is 32.2. The molecule has 2 aliphatic rings. The van der Waals surface area contributed by atoms with Gasteiger partial charge in [0.2, 0.25) is 5.91 Å². The molecule has 5 nitrogen and oxygen atoms in total. The third-order valence-electron chi connectivity index (χ3n) is 4.41. The monoisotopic (exact) mass is 307 g/mol. The molecule has 1 aliphatic carbocycles. The number of nitrogens with one attached hydrogen (secondary N) is 1. The van der Waals surface area contributed by atoms with Crippen LogP contribution in [0.1, 0.15) is 37.4 Å². The van der Waals surface area contributed by atoms with Crippen molar-refractivity contribution >= 4 is 17.7 Å². The summed E-state index contributed by atoms with van der Waals surface area (Å²) >= 11 is 1.42. The van der Waals surface area contributed by atoms with Crippen molar-refractivity contribution in [3.8, 4) is 0 Å². The summed E-state index contributed by atoms with van der Waals surface area (Å²) in [5.41, 5.74) is 1.86. The van der Waals surface area contributed by atoms with Crippen LogP contribution in [-0.2, 0) is 17.6 Å². The minimum atomic E-state index is -0.294. The Morgan fingerprint density at radius 2 is 2.14 bits per heavy atom.